The number of esters is 1. The van der Waals surface area contributed by atoms with Gasteiger partial charge in [-0.15, -0.1) is 0 Å². The lowest BCUT2D eigenvalue weighted by Crippen LogP contribution is -2.37. The van der Waals surface area contributed by atoms with E-state index in [-0.39, 0.29) is 24.5 Å². The van der Waals surface area contributed by atoms with E-state index >= 15 is 0 Å². The van der Waals surface area contributed by atoms with Gasteiger partial charge >= 0.3 is 5.97 Å². The van der Waals surface area contributed by atoms with Crippen molar-refractivity contribution in [3.63, 3.8) is 0 Å². The highest BCUT2D eigenvalue weighted by atomic mass is 35.5. The first-order chi connectivity index (χ1) is 8.72. The number of aliphatic hydroxyl groups is 1. The third kappa shape index (κ3) is 2.25. The van der Waals surface area contributed by atoms with Gasteiger partial charge in [0.1, 0.15) is 6.07 Å². The summed E-state index contributed by atoms with van der Waals surface area (Å²) < 4.78 is 15.4. The van der Waals surface area contributed by atoms with E-state index in [4.69, 9.17) is 25.8 Å². The Hall–Kier alpha value is -1.04. The van der Waals surface area contributed by atoms with Gasteiger partial charge < -0.3 is 19.3 Å². The molecule has 2 aliphatic rings. The van der Waals surface area contributed by atoms with E-state index in [1.165, 1.54) is 13.4 Å². The Morgan fingerprint density at radius 1 is 1.67 bits per heavy atom. The molecule has 2 rings (SSSR count). The van der Waals surface area contributed by atoms with E-state index in [1.807, 2.05) is 6.08 Å². The number of carbonyl (C=O) groups excluding carboxylic acids is 1. The summed E-state index contributed by atoms with van der Waals surface area (Å²) in [6, 6.07) is -0.00596. The van der Waals surface area contributed by atoms with E-state index in [2.05, 4.69) is 0 Å². The molecule has 0 aromatic carbocycles. The van der Waals surface area contributed by atoms with Crippen LogP contribution in [0.5, 0.6) is 0 Å². The van der Waals surface area contributed by atoms with Crippen molar-refractivity contribution in [3.05, 3.63) is 23.5 Å². The van der Waals surface area contributed by atoms with Crippen molar-refractivity contribution in [3.8, 4) is 0 Å². The van der Waals surface area contributed by atoms with Crippen molar-refractivity contribution in [2.75, 3.05) is 19.8 Å². The zero-order chi connectivity index (χ0) is 13.1. The maximum absolute atomic E-state index is 11.6. The number of rotatable bonds is 4. The molecule has 0 radical (unpaired) electrons. The van der Waals surface area contributed by atoms with E-state index in [9.17, 15) is 9.90 Å². The minimum Gasteiger partial charge on any atom is -0.471 e. The number of carbonyl (C=O) groups is 1. The Bertz CT molecular complexity index is 390. The number of allylic oxidation sites excluding steroid dienone is 1. The Balaban J connectivity index is 2.25. The molecule has 0 aromatic rings. The summed E-state index contributed by atoms with van der Waals surface area (Å²) in [6.07, 6.45) is 3.37. The summed E-state index contributed by atoms with van der Waals surface area (Å²) in [6.45, 7) is -0.0822. The molecule has 0 aromatic heterocycles. The number of methoxy groups -OCH3 is 1. The van der Waals surface area contributed by atoms with E-state index in [1.54, 1.807) is 0 Å². The number of hydrogen-bond donors (Lipinski definition) is 1. The highest BCUT2D eigenvalue weighted by Crippen LogP contribution is 2.43. The zero-order valence-electron chi connectivity index (χ0n) is 9.97. The second-order valence-electron chi connectivity index (χ2n) is 4.15. The molecule has 1 aliphatic carbocycles. The van der Waals surface area contributed by atoms with Gasteiger partial charge in [0.15, 0.2) is 0 Å². The van der Waals surface area contributed by atoms with Crippen LogP contribution in [0.1, 0.15) is 6.42 Å². The summed E-state index contributed by atoms with van der Waals surface area (Å²) in [4.78, 5) is 11.6. The van der Waals surface area contributed by atoms with Gasteiger partial charge in [-0.3, -0.25) is 0 Å². The highest BCUT2D eigenvalue weighted by Gasteiger charge is 2.44. The number of aliphatic hydroxyl groups excluding tert-OH is 1. The number of halogens is 1. The molecule has 5 nitrogen and oxygen atoms in total. The monoisotopic (exact) mass is 274 g/mol. The van der Waals surface area contributed by atoms with Crippen LogP contribution in [-0.2, 0) is 19.0 Å². The van der Waals surface area contributed by atoms with E-state index in [0.29, 0.717) is 12.0 Å². The van der Waals surface area contributed by atoms with E-state index in [0.717, 1.165) is 5.57 Å². The molecule has 0 unspecified atom stereocenters. The molecule has 0 spiro atoms. The highest BCUT2D eigenvalue weighted by molar-refractivity contribution is 6.17. The first-order valence-electron chi connectivity index (χ1n) is 5.64. The summed E-state index contributed by atoms with van der Waals surface area (Å²) in [5, 5.41) is 9.32. The minimum absolute atomic E-state index is 0.00596. The van der Waals surface area contributed by atoms with Crippen LogP contribution in [0.4, 0.5) is 0 Å². The lowest BCUT2D eigenvalue weighted by atomic mass is 9.83. The summed E-state index contributed by atoms with van der Waals surface area (Å²) in [5.74, 6) is -0.684. The number of hydrogen-bond acceptors (Lipinski definition) is 5. The lowest BCUT2D eigenvalue weighted by molar-refractivity contribution is -0.149. The summed E-state index contributed by atoms with van der Waals surface area (Å²) >= 11 is 5.55. The van der Waals surface area contributed by atoms with Crippen molar-refractivity contribution in [1.82, 2.24) is 0 Å². The van der Waals surface area contributed by atoms with Gasteiger partial charge in [-0.2, -0.15) is 0 Å². The van der Waals surface area contributed by atoms with Crippen molar-refractivity contribution >= 4 is 17.6 Å². The van der Waals surface area contributed by atoms with Crippen molar-refractivity contribution in [1.29, 1.82) is 0 Å². The lowest BCUT2D eigenvalue weighted by Gasteiger charge is -2.34. The standard InChI is InChI=1S/C12H15ClO5/c1-16-11(15)9-5-17-12(18-6-13)10-7(4-14)2-3-8(9)10/h2,5,8,10,12,14H,3-4,6H2,1H3/t8-,10-,12+/m1/s1. The Morgan fingerprint density at radius 3 is 3.06 bits per heavy atom. The Kier molecular flexibility index (Phi) is 4.27. The molecule has 6 heteroatoms. The van der Waals surface area contributed by atoms with Crippen LogP contribution in [0, 0.1) is 11.8 Å². The molecular formula is C12H15ClO5. The first-order valence-corrected chi connectivity index (χ1v) is 6.17. The summed E-state index contributed by atoms with van der Waals surface area (Å²) in [7, 11) is 1.33. The van der Waals surface area contributed by atoms with Crippen molar-refractivity contribution in [2.24, 2.45) is 11.8 Å². The SMILES string of the molecule is COC(=O)C1=CO[C@@H](OCCl)[C@@H]2C(CO)=CC[C@H]12. The second-order valence-corrected chi connectivity index (χ2v) is 4.37. The third-order valence-electron chi connectivity index (χ3n) is 3.35. The predicted octanol–water partition coefficient (Wildman–Crippen LogP) is 1.17. The smallest absolute Gasteiger partial charge is 0.337 e. The Labute approximate surface area is 110 Å². The normalized spacial score (nSPS) is 30.1. The molecule has 0 saturated carbocycles. The van der Waals surface area contributed by atoms with Gasteiger partial charge in [0, 0.05) is 5.92 Å². The quantitative estimate of drug-likeness (QED) is 0.474. The largest absolute Gasteiger partial charge is 0.471 e. The molecule has 0 saturated heterocycles. The average molecular weight is 275 g/mol. The molecule has 3 atom stereocenters. The molecule has 1 N–H and O–H groups in total. The van der Waals surface area contributed by atoms with Gasteiger partial charge in [0.25, 0.3) is 0 Å². The minimum atomic E-state index is -0.568. The van der Waals surface area contributed by atoms with Gasteiger partial charge in [0.05, 0.1) is 31.5 Å². The predicted molar refractivity (Wildman–Crippen MR) is 63.5 cm³/mol. The Morgan fingerprint density at radius 2 is 2.44 bits per heavy atom. The van der Waals surface area contributed by atoms with Crippen LogP contribution in [0.3, 0.4) is 0 Å². The molecule has 0 fully saturated rings. The number of ether oxygens (including phenoxy) is 3. The zero-order valence-corrected chi connectivity index (χ0v) is 10.7. The first kappa shape index (κ1) is 13.4. The van der Waals surface area contributed by atoms with Gasteiger partial charge in [0.2, 0.25) is 6.29 Å². The maximum Gasteiger partial charge on any atom is 0.337 e. The second kappa shape index (κ2) is 5.73. The van der Waals surface area contributed by atoms with Crippen molar-refractivity contribution in [2.45, 2.75) is 12.7 Å². The van der Waals surface area contributed by atoms with Crippen LogP contribution in [0.25, 0.3) is 0 Å². The molecule has 0 bridgehead atoms. The fourth-order valence-electron chi connectivity index (χ4n) is 2.51. The van der Waals surface area contributed by atoms with Crippen LogP contribution in [-0.4, -0.2) is 37.1 Å². The number of alkyl halides is 1. The van der Waals surface area contributed by atoms with Gasteiger partial charge in [-0.25, -0.2) is 4.79 Å². The van der Waals surface area contributed by atoms with E-state index < -0.39 is 12.3 Å². The fourth-order valence-corrected chi connectivity index (χ4v) is 2.63. The molecule has 1 aliphatic heterocycles. The van der Waals surface area contributed by atoms with Crippen LogP contribution in [0.2, 0.25) is 0 Å². The van der Waals surface area contributed by atoms with Gasteiger partial charge in [-0.1, -0.05) is 17.7 Å². The number of fused-ring (bicyclic) bond motifs is 1. The third-order valence-corrected chi connectivity index (χ3v) is 3.47. The average Bonchev–Trinajstić information content (AvgIpc) is 2.82. The molecule has 18 heavy (non-hydrogen) atoms. The fraction of sp³-hybridized carbons (Fsp3) is 0.583. The molecule has 1 heterocycles. The molecule has 0 amide bonds. The molecule has 100 valence electrons. The summed E-state index contributed by atoms with van der Waals surface area (Å²) in [5.41, 5.74) is 1.28. The van der Waals surface area contributed by atoms with Gasteiger partial charge in [-0.05, 0) is 12.0 Å². The van der Waals surface area contributed by atoms with Crippen LogP contribution >= 0.6 is 11.6 Å². The molecular weight excluding hydrogens is 260 g/mol. The van der Waals surface area contributed by atoms with Crippen LogP contribution < -0.4 is 0 Å². The maximum atomic E-state index is 11.6. The van der Waals surface area contributed by atoms with Crippen LogP contribution in [0.15, 0.2) is 23.5 Å². The van der Waals surface area contributed by atoms with Crippen molar-refractivity contribution < 1.29 is 24.1 Å². The topological polar surface area (TPSA) is 65.0 Å².